The summed E-state index contributed by atoms with van der Waals surface area (Å²) in [6, 6.07) is 12.8. The highest BCUT2D eigenvalue weighted by molar-refractivity contribution is 7.92. The predicted octanol–water partition coefficient (Wildman–Crippen LogP) is 3.80. The molecule has 0 aliphatic rings. The second-order valence-corrected chi connectivity index (χ2v) is 7.95. The fourth-order valence-corrected chi connectivity index (χ4v) is 4.14. The highest BCUT2D eigenvalue weighted by Crippen LogP contribution is 2.21. The summed E-state index contributed by atoms with van der Waals surface area (Å²) in [4.78, 5) is 0.0582. The largest absolute Gasteiger partial charge is 0.280 e. The van der Waals surface area contributed by atoms with Crippen molar-refractivity contribution in [2.45, 2.75) is 32.2 Å². The second-order valence-electron chi connectivity index (χ2n) is 6.30. The fourth-order valence-electron chi connectivity index (χ4n) is 2.87. The van der Waals surface area contributed by atoms with Crippen LogP contribution in [0.4, 0.5) is 10.1 Å². The lowest BCUT2D eigenvalue weighted by molar-refractivity contribution is 0.598. The second kappa shape index (κ2) is 6.92. The quantitative estimate of drug-likeness (QED) is 0.740. The number of hydrogen-bond acceptors (Lipinski definition) is 3. The molecule has 1 aromatic heterocycles. The summed E-state index contributed by atoms with van der Waals surface area (Å²) >= 11 is 0. The first-order valence-electron chi connectivity index (χ1n) is 8.13. The maximum absolute atomic E-state index is 13.2. The smallest absolute Gasteiger partial charge is 0.262 e. The van der Waals surface area contributed by atoms with E-state index in [0.29, 0.717) is 17.8 Å². The molecule has 136 valence electrons. The van der Waals surface area contributed by atoms with E-state index in [1.165, 1.54) is 12.1 Å². The highest BCUT2D eigenvalue weighted by Gasteiger charge is 2.17. The van der Waals surface area contributed by atoms with Gasteiger partial charge in [0.05, 0.1) is 17.1 Å². The third-order valence-electron chi connectivity index (χ3n) is 4.04. The summed E-state index contributed by atoms with van der Waals surface area (Å²) < 4.78 is 42.9. The van der Waals surface area contributed by atoms with Gasteiger partial charge in [0.2, 0.25) is 0 Å². The van der Waals surface area contributed by atoms with E-state index in [9.17, 15) is 12.8 Å². The first-order chi connectivity index (χ1) is 12.2. The number of hydrogen-bond donors (Lipinski definition) is 1. The van der Waals surface area contributed by atoms with Crippen LogP contribution >= 0.6 is 0 Å². The highest BCUT2D eigenvalue weighted by atomic mass is 32.2. The normalized spacial score (nSPS) is 11.5. The lowest BCUT2D eigenvalue weighted by Crippen LogP contribution is -2.14. The van der Waals surface area contributed by atoms with Crippen LogP contribution in [0.1, 0.15) is 22.5 Å². The van der Waals surface area contributed by atoms with Gasteiger partial charge in [0, 0.05) is 11.4 Å². The van der Waals surface area contributed by atoms with Crippen molar-refractivity contribution in [2.24, 2.45) is 0 Å². The maximum Gasteiger partial charge on any atom is 0.262 e. The molecule has 0 spiro atoms. The Morgan fingerprint density at radius 2 is 1.85 bits per heavy atom. The summed E-state index contributed by atoms with van der Waals surface area (Å²) in [7, 11) is -3.79. The Morgan fingerprint density at radius 3 is 2.50 bits per heavy atom. The molecule has 0 fully saturated rings. The Morgan fingerprint density at radius 1 is 1.08 bits per heavy atom. The molecule has 0 bridgehead atoms. The Labute approximate surface area is 152 Å². The molecule has 0 unspecified atom stereocenters. The summed E-state index contributed by atoms with van der Waals surface area (Å²) in [5, 5.41) is 4.42. The van der Waals surface area contributed by atoms with Gasteiger partial charge in [-0.25, -0.2) is 12.8 Å². The van der Waals surface area contributed by atoms with Crippen molar-refractivity contribution in [1.29, 1.82) is 0 Å². The van der Waals surface area contributed by atoms with Crippen LogP contribution in [-0.2, 0) is 16.6 Å². The first kappa shape index (κ1) is 18.1. The predicted molar refractivity (Wildman–Crippen MR) is 99.2 cm³/mol. The molecular formula is C19H20FN3O2S. The zero-order chi connectivity index (χ0) is 18.9. The summed E-state index contributed by atoms with van der Waals surface area (Å²) in [6.45, 7) is 6.02. The van der Waals surface area contributed by atoms with E-state index in [-0.39, 0.29) is 4.90 Å². The van der Waals surface area contributed by atoms with Crippen molar-refractivity contribution in [3.05, 3.63) is 76.9 Å². The van der Waals surface area contributed by atoms with Crippen LogP contribution in [-0.4, -0.2) is 18.2 Å². The lowest BCUT2D eigenvalue weighted by Gasteiger charge is -2.12. The average molecular weight is 373 g/mol. The molecule has 3 aromatic rings. The topological polar surface area (TPSA) is 64.0 Å². The number of rotatable bonds is 5. The van der Waals surface area contributed by atoms with E-state index in [1.54, 1.807) is 25.1 Å². The van der Waals surface area contributed by atoms with Crippen LogP contribution in [0, 0.1) is 26.6 Å². The minimum Gasteiger partial charge on any atom is -0.280 e. The molecule has 7 heteroatoms. The van der Waals surface area contributed by atoms with Crippen LogP contribution in [0.15, 0.2) is 53.4 Å². The molecule has 0 amide bonds. The number of aromatic nitrogens is 2. The minimum atomic E-state index is -3.79. The third kappa shape index (κ3) is 3.94. The summed E-state index contributed by atoms with van der Waals surface area (Å²) in [5.74, 6) is -0.465. The van der Waals surface area contributed by atoms with Crippen molar-refractivity contribution in [3.8, 4) is 0 Å². The molecule has 0 aliphatic heterocycles. The molecule has 3 rings (SSSR count). The average Bonchev–Trinajstić information content (AvgIpc) is 2.84. The van der Waals surface area contributed by atoms with E-state index in [0.717, 1.165) is 23.0 Å². The first-order valence-corrected chi connectivity index (χ1v) is 9.62. The fraction of sp³-hybridized carbons (Fsp3) is 0.211. The minimum absolute atomic E-state index is 0.0582. The van der Waals surface area contributed by atoms with E-state index in [4.69, 9.17) is 0 Å². The third-order valence-corrected chi connectivity index (χ3v) is 5.58. The zero-order valence-corrected chi connectivity index (χ0v) is 15.6. The zero-order valence-electron chi connectivity index (χ0n) is 14.8. The standard InChI is InChI=1S/C19H20FN3O2S/c1-13-9-17(20)7-8-19(13)26(24,25)22-18-6-4-5-16(11-18)12-23-15(3)10-14(2)21-23/h4-11,22H,12H2,1-3H3. The number of halogens is 1. The van der Waals surface area contributed by atoms with Crippen LogP contribution in [0.2, 0.25) is 0 Å². The number of aryl methyl sites for hydroxylation is 3. The Balaban J connectivity index is 1.85. The molecule has 0 aliphatic carbocycles. The van der Waals surface area contributed by atoms with E-state index >= 15 is 0 Å². The Hall–Kier alpha value is -2.67. The molecule has 2 aromatic carbocycles. The van der Waals surface area contributed by atoms with Gasteiger partial charge in [-0.1, -0.05) is 12.1 Å². The molecule has 0 atom stereocenters. The van der Waals surface area contributed by atoms with Gasteiger partial charge in [-0.15, -0.1) is 0 Å². The van der Waals surface area contributed by atoms with Gasteiger partial charge in [-0.05, 0) is 68.3 Å². The van der Waals surface area contributed by atoms with E-state index < -0.39 is 15.8 Å². The van der Waals surface area contributed by atoms with Gasteiger partial charge in [0.15, 0.2) is 0 Å². The molecular weight excluding hydrogens is 353 g/mol. The molecule has 0 saturated carbocycles. The van der Waals surface area contributed by atoms with Crippen molar-refractivity contribution >= 4 is 15.7 Å². The molecule has 1 heterocycles. The van der Waals surface area contributed by atoms with Gasteiger partial charge in [-0.2, -0.15) is 5.10 Å². The van der Waals surface area contributed by atoms with Crippen molar-refractivity contribution < 1.29 is 12.8 Å². The molecule has 1 N–H and O–H groups in total. The van der Waals surface area contributed by atoms with Crippen molar-refractivity contribution in [3.63, 3.8) is 0 Å². The maximum atomic E-state index is 13.2. The van der Waals surface area contributed by atoms with Gasteiger partial charge >= 0.3 is 0 Å². The Kier molecular flexibility index (Phi) is 4.82. The molecule has 0 radical (unpaired) electrons. The summed E-state index contributed by atoms with van der Waals surface area (Å²) in [5.41, 5.74) is 3.71. The van der Waals surface area contributed by atoms with Crippen LogP contribution in [0.5, 0.6) is 0 Å². The summed E-state index contributed by atoms with van der Waals surface area (Å²) in [6.07, 6.45) is 0. The van der Waals surface area contributed by atoms with E-state index in [1.807, 2.05) is 30.7 Å². The molecule has 0 saturated heterocycles. The SMILES string of the molecule is Cc1cc(C)n(Cc2cccc(NS(=O)(=O)c3ccc(F)cc3C)c2)n1. The molecule has 5 nitrogen and oxygen atoms in total. The number of nitrogens with zero attached hydrogens (tertiary/aromatic N) is 2. The van der Waals surface area contributed by atoms with Gasteiger partial charge in [-0.3, -0.25) is 9.40 Å². The molecule has 26 heavy (non-hydrogen) atoms. The monoisotopic (exact) mass is 373 g/mol. The number of nitrogens with one attached hydrogen (secondary N) is 1. The van der Waals surface area contributed by atoms with E-state index in [2.05, 4.69) is 9.82 Å². The van der Waals surface area contributed by atoms with Gasteiger partial charge < -0.3 is 0 Å². The van der Waals surface area contributed by atoms with Crippen LogP contribution in [0.3, 0.4) is 0 Å². The number of benzene rings is 2. The van der Waals surface area contributed by atoms with Crippen molar-refractivity contribution in [2.75, 3.05) is 4.72 Å². The van der Waals surface area contributed by atoms with Crippen molar-refractivity contribution in [1.82, 2.24) is 9.78 Å². The van der Waals surface area contributed by atoms with Gasteiger partial charge in [0.1, 0.15) is 5.82 Å². The number of sulfonamides is 1. The number of anilines is 1. The van der Waals surface area contributed by atoms with Gasteiger partial charge in [0.25, 0.3) is 10.0 Å². The van der Waals surface area contributed by atoms with Crippen LogP contribution < -0.4 is 4.72 Å². The Bertz CT molecular complexity index is 1060. The van der Waals surface area contributed by atoms with Crippen LogP contribution in [0.25, 0.3) is 0 Å². The lowest BCUT2D eigenvalue weighted by atomic mass is 10.2.